The first kappa shape index (κ1) is 33.6. The molecule has 58 heavy (non-hydrogen) atoms. The van der Waals surface area contributed by atoms with Gasteiger partial charge in [-0.25, -0.2) is 0 Å². The fraction of sp³-hybridized carbons (Fsp3) is 0. The van der Waals surface area contributed by atoms with Crippen LogP contribution >= 0.6 is 0 Å². The molecular weight excluding hydrogens is 701 g/mol. The Labute approximate surface area is 338 Å². The van der Waals surface area contributed by atoms with Gasteiger partial charge in [-0.2, -0.15) is 0 Å². The van der Waals surface area contributed by atoms with Crippen LogP contribution in [0.5, 0.6) is 0 Å². The van der Waals surface area contributed by atoms with Crippen LogP contribution in [0.1, 0.15) is 0 Å². The number of hydrogen-bond acceptors (Lipinski definition) is 1. The van der Waals surface area contributed by atoms with Gasteiger partial charge in [-0.1, -0.05) is 170 Å². The number of benzene rings is 10. The van der Waals surface area contributed by atoms with E-state index < -0.39 is 0 Å². The third-order valence-corrected chi connectivity index (χ3v) is 11.6. The van der Waals surface area contributed by atoms with Gasteiger partial charge in [-0.05, 0) is 110 Å². The third-order valence-electron chi connectivity index (χ3n) is 11.6. The lowest BCUT2D eigenvalue weighted by Gasteiger charge is -2.26. The Hall–Kier alpha value is -7.68. The maximum atomic E-state index is 2.42. The van der Waals surface area contributed by atoms with Crippen molar-refractivity contribution in [2.45, 2.75) is 0 Å². The van der Waals surface area contributed by atoms with Crippen LogP contribution in [0, 0.1) is 0 Å². The van der Waals surface area contributed by atoms with E-state index in [2.05, 4.69) is 240 Å². The van der Waals surface area contributed by atoms with Crippen LogP contribution in [0.2, 0.25) is 0 Å². The molecule has 0 N–H and O–H groups in total. The molecular formula is C56H38N2. The third kappa shape index (κ3) is 5.91. The lowest BCUT2D eigenvalue weighted by atomic mass is 10.0. The molecule has 0 spiro atoms. The molecule has 10 aromatic carbocycles. The first-order chi connectivity index (χ1) is 28.7. The van der Waals surface area contributed by atoms with Gasteiger partial charge in [0.1, 0.15) is 0 Å². The number of aromatic nitrogens is 1. The number of fused-ring (bicyclic) bond motifs is 6. The highest BCUT2D eigenvalue weighted by atomic mass is 15.1. The number of para-hydroxylation sites is 1. The van der Waals surface area contributed by atoms with Crippen LogP contribution < -0.4 is 4.90 Å². The van der Waals surface area contributed by atoms with Gasteiger partial charge in [0.25, 0.3) is 0 Å². The van der Waals surface area contributed by atoms with Crippen molar-refractivity contribution in [1.29, 1.82) is 0 Å². The Morgan fingerprint density at radius 2 is 0.793 bits per heavy atom. The highest BCUT2D eigenvalue weighted by Gasteiger charge is 2.17. The molecule has 0 bridgehead atoms. The predicted octanol–water partition coefficient (Wildman–Crippen LogP) is 15.6. The minimum Gasteiger partial charge on any atom is -0.310 e. The van der Waals surface area contributed by atoms with E-state index in [1.54, 1.807) is 0 Å². The molecule has 0 saturated heterocycles. The van der Waals surface area contributed by atoms with E-state index in [0.717, 1.165) is 22.7 Å². The molecule has 0 aliphatic rings. The van der Waals surface area contributed by atoms with Crippen molar-refractivity contribution in [1.82, 2.24) is 4.57 Å². The SMILES string of the molecule is c1ccc(-c2cccc(N(c3ccc(-c4ccc(-n5c6ccccc6c6ccc7ccccc7c65)cc4)cc3)c3ccc(-c4ccc5ccccc5c4)cc3)c2)cc1. The normalized spacial score (nSPS) is 11.4. The van der Waals surface area contributed by atoms with Gasteiger partial charge in [0.15, 0.2) is 0 Å². The van der Waals surface area contributed by atoms with Gasteiger partial charge >= 0.3 is 0 Å². The number of hydrogen-bond donors (Lipinski definition) is 0. The second kappa shape index (κ2) is 14.1. The summed E-state index contributed by atoms with van der Waals surface area (Å²) in [6.45, 7) is 0. The van der Waals surface area contributed by atoms with Crippen LogP contribution in [-0.4, -0.2) is 4.57 Å². The molecule has 0 amide bonds. The van der Waals surface area contributed by atoms with Crippen LogP contribution in [-0.2, 0) is 0 Å². The highest BCUT2D eigenvalue weighted by Crippen LogP contribution is 2.40. The fourth-order valence-corrected chi connectivity index (χ4v) is 8.68. The van der Waals surface area contributed by atoms with Crippen LogP contribution in [0.4, 0.5) is 17.1 Å². The Bertz CT molecular complexity index is 3250. The van der Waals surface area contributed by atoms with Gasteiger partial charge in [0, 0.05) is 38.9 Å². The van der Waals surface area contributed by atoms with E-state index in [1.807, 2.05) is 0 Å². The summed E-state index contributed by atoms with van der Waals surface area (Å²) < 4.78 is 2.42. The minimum atomic E-state index is 1.10. The standard InChI is InChI=1S/C56H38N2/c1-2-11-39(12-3-1)46-16-10-17-51(38-46)57(49-32-27-43(28-33-49)47-22-21-40-13-4-5-15-45(40)37-47)48-30-23-41(24-31-48)42-25-34-50(35-26-42)58-55-20-9-8-19-53(55)54-36-29-44-14-6-7-18-52(44)56(54)58/h1-38H. The molecule has 272 valence electrons. The van der Waals surface area contributed by atoms with Gasteiger partial charge in [-0.3, -0.25) is 0 Å². The quantitative estimate of drug-likeness (QED) is 0.158. The molecule has 0 saturated carbocycles. The van der Waals surface area contributed by atoms with Crippen molar-refractivity contribution in [3.8, 4) is 39.1 Å². The largest absolute Gasteiger partial charge is 0.310 e. The molecule has 0 radical (unpaired) electrons. The van der Waals surface area contributed by atoms with Crippen molar-refractivity contribution in [3.05, 3.63) is 231 Å². The van der Waals surface area contributed by atoms with Gasteiger partial charge in [0.2, 0.25) is 0 Å². The highest BCUT2D eigenvalue weighted by molar-refractivity contribution is 6.18. The summed E-state index contributed by atoms with van der Waals surface area (Å²) in [7, 11) is 0. The van der Waals surface area contributed by atoms with E-state index in [4.69, 9.17) is 0 Å². The first-order valence-electron chi connectivity index (χ1n) is 19.9. The van der Waals surface area contributed by atoms with Crippen molar-refractivity contribution < 1.29 is 0 Å². The first-order valence-corrected chi connectivity index (χ1v) is 19.9. The Morgan fingerprint density at radius 3 is 1.53 bits per heavy atom. The molecule has 0 aliphatic carbocycles. The summed E-state index contributed by atoms with van der Waals surface area (Å²) in [5, 5.41) is 7.55. The van der Waals surface area contributed by atoms with Crippen LogP contribution in [0.25, 0.3) is 82.4 Å². The fourth-order valence-electron chi connectivity index (χ4n) is 8.68. The maximum Gasteiger partial charge on any atom is 0.0619 e. The molecule has 1 heterocycles. The topological polar surface area (TPSA) is 8.17 Å². The predicted molar refractivity (Wildman–Crippen MR) is 247 cm³/mol. The van der Waals surface area contributed by atoms with Gasteiger partial charge in [0.05, 0.1) is 11.0 Å². The number of nitrogens with zero attached hydrogens (tertiary/aromatic N) is 2. The smallest absolute Gasteiger partial charge is 0.0619 e. The summed E-state index contributed by atoms with van der Waals surface area (Å²) in [4.78, 5) is 2.36. The van der Waals surface area contributed by atoms with E-state index in [0.29, 0.717) is 0 Å². The summed E-state index contributed by atoms with van der Waals surface area (Å²) in [5.41, 5.74) is 14.1. The summed E-state index contributed by atoms with van der Waals surface area (Å²) in [5.74, 6) is 0. The summed E-state index contributed by atoms with van der Waals surface area (Å²) in [6, 6.07) is 83.6. The summed E-state index contributed by atoms with van der Waals surface area (Å²) in [6.07, 6.45) is 0. The molecule has 0 fully saturated rings. The molecule has 1 aromatic heterocycles. The lowest BCUT2D eigenvalue weighted by Crippen LogP contribution is -2.10. The van der Waals surface area contributed by atoms with Gasteiger partial charge in [-0.15, -0.1) is 0 Å². The zero-order chi connectivity index (χ0) is 38.4. The molecule has 11 rings (SSSR count). The van der Waals surface area contributed by atoms with E-state index in [1.165, 1.54) is 76.7 Å². The van der Waals surface area contributed by atoms with Crippen molar-refractivity contribution in [2.24, 2.45) is 0 Å². The van der Waals surface area contributed by atoms with E-state index in [-0.39, 0.29) is 0 Å². The zero-order valence-corrected chi connectivity index (χ0v) is 31.8. The zero-order valence-electron chi connectivity index (χ0n) is 31.8. The van der Waals surface area contributed by atoms with E-state index in [9.17, 15) is 0 Å². The monoisotopic (exact) mass is 738 g/mol. The second-order valence-electron chi connectivity index (χ2n) is 15.0. The molecule has 2 nitrogen and oxygen atoms in total. The van der Waals surface area contributed by atoms with Crippen molar-refractivity contribution in [3.63, 3.8) is 0 Å². The Kier molecular flexibility index (Phi) is 8.19. The average molecular weight is 739 g/mol. The van der Waals surface area contributed by atoms with Crippen LogP contribution in [0.3, 0.4) is 0 Å². The Morgan fingerprint density at radius 1 is 0.276 bits per heavy atom. The minimum absolute atomic E-state index is 1.10. The molecule has 11 aromatic rings. The number of rotatable bonds is 7. The maximum absolute atomic E-state index is 2.42. The van der Waals surface area contributed by atoms with E-state index >= 15 is 0 Å². The molecule has 0 atom stereocenters. The van der Waals surface area contributed by atoms with Crippen LogP contribution in [0.15, 0.2) is 231 Å². The van der Waals surface area contributed by atoms with Gasteiger partial charge < -0.3 is 9.47 Å². The number of anilines is 3. The second-order valence-corrected chi connectivity index (χ2v) is 15.0. The van der Waals surface area contributed by atoms with Crippen molar-refractivity contribution in [2.75, 3.05) is 4.90 Å². The van der Waals surface area contributed by atoms with Crippen molar-refractivity contribution >= 4 is 60.4 Å². The average Bonchev–Trinajstić information content (AvgIpc) is 3.65. The molecule has 2 heteroatoms. The summed E-state index contributed by atoms with van der Waals surface area (Å²) >= 11 is 0. The Balaban J connectivity index is 0.959. The lowest BCUT2D eigenvalue weighted by molar-refractivity contribution is 1.19. The molecule has 0 unspecified atom stereocenters. The molecule has 0 aliphatic heterocycles.